The zero-order chi connectivity index (χ0) is 16.2. The Morgan fingerprint density at radius 1 is 1.43 bits per heavy atom. The van der Waals surface area contributed by atoms with E-state index >= 15 is 0 Å². The Balaban J connectivity index is 1.62. The zero-order valence-electron chi connectivity index (χ0n) is 14.0. The maximum atomic E-state index is 5.78. The van der Waals surface area contributed by atoms with Gasteiger partial charge in [0.05, 0.1) is 6.04 Å². The lowest BCUT2D eigenvalue weighted by Crippen LogP contribution is -2.44. The second-order valence-electron chi connectivity index (χ2n) is 6.26. The highest BCUT2D eigenvalue weighted by atomic mass is 16.5. The van der Waals surface area contributed by atoms with Crippen LogP contribution < -0.4 is 10.1 Å². The van der Waals surface area contributed by atoms with Crippen molar-refractivity contribution in [1.82, 2.24) is 20.4 Å². The average Bonchev–Trinajstić information content (AvgIpc) is 3.02. The lowest BCUT2D eigenvalue weighted by Gasteiger charge is -2.30. The van der Waals surface area contributed by atoms with Crippen molar-refractivity contribution in [2.75, 3.05) is 26.7 Å². The third kappa shape index (κ3) is 3.89. The Bertz CT molecular complexity index is 641. The van der Waals surface area contributed by atoms with E-state index in [1.165, 1.54) is 5.56 Å². The van der Waals surface area contributed by atoms with Gasteiger partial charge in [0.2, 0.25) is 0 Å². The predicted molar refractivity (Wildman–Crippen MR) is 87.4 cm³/mol. The van der Waals surface area contributed by atoms with E-state index in [1.54, 1.807) is 0 Å². The van der Waals surface area contributed by atoms with Crippen LogP contribution in [0.1, 0.15) is 43.1 Å². The number of aromatic nitrogens is 2. The summed E-state index contributed by atoms with van der Waals surface area (Å²) in [5.74, 6) is 2.53. The molecule has 0 aliphatic carbocycles. The van der Waals surface area contributed by atoms with Gasteiger partial charge in [0, 0.05) is 19.6 Å². The van der Waals surface area contributed by atoms with Gasteiger partial charge in [-0.05, 0) is 30.7 Å². The molecular formula is C17H24N4O2. The molecule has 6 heteroatoms. The first-order valence-electron chi connectivity index (χ1n) is 8.09. The second kappa shape index (κ2) is 7.10. The fourth-order valence-corrected chi connectivity index (χ4v) is 2.66. The van der Waals surface area contributed by atoms with Gasteiger partial charge >= 0.3 is 0 Å². The molecule has 6 nitrogen and oxygen atoms in total. The summed E-state index contributed by atoms with van der Waals surface area (Å²) in [5.41, 5.74) is 1.25. The van der Waals surface area contributed by atoms with Crippen LogP contribution >= 0.6 is 0 Å². The number of hydrogen-bond donors (Lipinski definition) is 1. The number of nitrogens with one attached hydrogen (secondary N) is 1. The van der Waals surface area contributed by atoms with Crippen molar-refractivity contribution in [2.45, 2.75) is 32.4 Å². The minimum Gasteiger partial charge on any atom is -0.484 e. The fourth-order valence-electron chi connectivity index (χ4n) is 2.66. The van der Waals surface area contributed by atoms with Gasteiger partial charge in [-0.15, -0.1) is 0 Å². The van der Waals surface area contributed by atoms with Gasteiger partial charge in [-0.3, -0.25) is 4.90 Å². The molecule has 0 amide bonds. The highest BCUT2D eigenvalue weighted by molar-refractivity contribution is 5.30. The molecular weight excluding hydrogens is 292 g/mol. The summed E-state index contributed by atoms with van der Waals surface area (Å²) >= 11 is 0. The van der Waals surface area contributed by atoms with E-state index in [4.69, 9.17) is 9.26 Å². The highest BCUT2D eigenvalue weighted by Crippen LogP contribution is 2.21. The molecule has 1 N–H and O–H groups in total. The topological polar surface area (TPSA) is 63.4 Å². The van der Waals surface area contributed by atoms with Crippen molar-refractivity contribution < 1.29 is 9.26 Å². The Morgan fingerprint density at radius 2 is 2.30 bits per heavy atom. The first kappa shape index (κ1) is 16.0. The molecule has 2 heterocycles. The van der Waals surface area contributed by atoms with E-state index in [-0.39, 0.29) is 6.04 Å². The standard InChI is InChI=1S/C17H24N4O2/c1-12(2)13-5-4-6-14(9-13)22-11-16-19-17(20-23-16)15-10-18-7-8-21(15)3/h4-6,9,12,15,18H,7-8,10-11H2,1-3H3. The smallest absolute Gasteiger partial charge is 0.264 e. The number of nitrogens with zero attached hydrogens (tertiary/aromatic N) is 3. The van der Waals surface area contributed by atoms with Crippen molar-refractivity contribution in [3.63, 3.8) is 0 Å². The molecule has 1 fully saturated rings. The lowest BCUT2D eigenvalue weighted by molar-refractivity contribution is 0.189. The van der Waals surface area contributed by atoms with Crippen LogP contribution in [0.3, 0.4) is 0 Å². The lowest BCUT2D eigenvalue weighted by atomic mass is 10.0. The summed E-state index contributed by atoms with van der Waals surface area (Å²) in [6.45, 7) is 7.43. The van der Waals surface area contributed by atoms with Crippen LogP contribution in [0.25, 0.3) is 0 Å². The fraction of sp³-hybridized carbons (Fsp3) is 0.529. The van der Waals surface area contributed by atoms with Gasteiger partial charge in [-0.1, -0.05) is 31.1 Å². The Labute approximate surface area is 136 Å². The van der Waals surface area contributed by atoms with Crippen LogP contribution in [0.5, 0.6) is 5.75 Å². The number of ether oxygens (including phenoxy) is 1. The molecule has 1 aliphatic rings. The summed E-state index contributed by atoms with van der Waals surface area (Å²) in [4.78, 5) is 6.71. The summed E-state index contributed by atoms with van der Waals surface area (Å²) in [6.07, 6.45) is 0. The molecule has 1 aliphatic heterocycles. The first-order chi connectivity index (χ1) is 11.1. The van der Waals surface area contributed by atoms with Crippen LogP contribution in [0.4, 0.5) is 0 Å². The molecule has 23 heavy (non-hydrogen) atoms. The molecule has 0 radical (unpaired) electrons. The number of rotatable bonds is 5. The molecule has 2 aromatic rings. The SMILES string of the molecule is CC(C)c1cccc(OCc2nc(C3CNCCN3C)no2)c1. The van der Waals surface area contributed by atoms with Gasteiger partial charge in [-0.2, -0.15) is 4.98 Å². The number of piperazine rings is 1. The molecule has 1 aromatic heterocycles. The normalized spacial score (nSPS) is 19.2. The zero-order valence-corrected chi connectivity index (χ0v) is 14.0. The Kier molecular flexibility index (Phi) is 4.93. The minimum absolute atomic E-state index is 0.158. The average molecular weight is 316 g/mol. The molecule has 1 unspecified atom stereocenters. The quantitative estimate of drug-likeness (QED) is 0.913. The number of likely N-dealkylation sites (N-methyl/N-ethyl adjacent to an activating group) is 1. The molecule has 1 atom stereocenters. The van der Waals surface area contributed by atoms with E-state index in [2.05, 4.69) is 53.4 Å². The van der Waals surface area contributed by atoms with Gasteiger partial charge in [0.1, 0.15) is 5.75 Å². The second-order valence-corrected chi connectivity index (χ2v) is 6.26. The van der Waals surface area contributed by atoms with Gasteiger partial charge in [0.25, 0.3) is 5.89 Å². The van der Waals surface area contributed by atoms with Crippen molar-refractivity contribution in [3.05, 3.63) is 41.5 Å². The Hall–Kier alpha value is -1.92. The van der Waals surface area contributed by atoms with Crippen molar-refractivity contribution in [1.29, 1.82) is 0 Å². The van der Waals surface area contributed by atoms with Crippen LogP contribution in [0, 0.1) is 0 Å². The third-order valence-corrected chi connectivity index (χ3v) is 4.18. The highest BCUT2D eigenvalue weighted by Gasteiger charge is 2.25. The number of benzene rings is 1. The molecule has 1 saturated heterocycles. The van der Waals surface area contributed by atoms with Crippen molar-refractivity contribution >= 4 is 0 Å². The molecule has 0 saturated carbocycles. The van der Waals surface area contributed by atoms with Gasteiger partial charge < -0.3 is 14.6 Å². The van der Waals surface area contributed by atoms with Gasteiger partial charge in [0.15, 0.2) is 12.4 Å². The van der Waals surface area contributed by atoms with E-state index in [9.17, 15) is 0 Å². The minimum atomic E-state index is 0.158. The molecule has 124 valence electrons. The largest absolute Gasteiger partial charge is 0.484 e. The van der Waals surface area contributed by atoms with E-state index in [0.29, 0.717) is 24.2 Å². The van der Waals surface area contributed by atoms with Crippen LogP contribution in [0.2, 0.25) is 0 Å². The van der Waals surface area contributed by atoms with Crippen LogP contribution in [-0.2, 0) is 6.61 Å². The molecule has 1 aromatic carbocycles. The summed E-state index contributed by atoms with van der Waals surface area (Å²) < 4.78 is 11.1. The van der Waals surface area contributed by atoms with Gasteiger partial charge in [-0.25, -0.2) is 0 Å². The van der Waals surface area contributed by atoms with Crippen molar-refractivity contribution in [2.24, 2.45) is 0 Å². The van der Waals surface area contributed by atoms with Crippen LogP contribution in [-0.4, -0.2) is 41.7 Å². The third-order valence-electron chi connectivity index (χ3n) is 4.18. The molecule has 0 spiro atoms. The molecule has 0 bridgehead atoms. The summed E-state index contributed by atoms with van der Waals surface area (Å²) in [6, 6.07) is 8.27. The molecule has 3 rings (SSSR count). The van der Waals surface area contributed by atoms with E-state index < -0.39 is 0 Å². The summed E-state index contributed by atoms with van der Waals surface area (Å²) in [7, 11) is 2.08. The van der Waals surface area contributed by atoms with E-state index in [1.807, 2.05) is 12.1 Å². The predicted octanol–water partition coefficient (Wildman–Crippen LogP) is 2.35. The first-order valence-corrected chi connectivity index (χ1v) is 8.09. The maximum Gasteiger partial charge on any atom is 0.264 e. The van der Waals surface area contributed by atoms with Crippen molar-refractivity contribution in [3.8, 4) is 5.75 Å². The maximum absolute atomic E-state index is 5.78. The van der Waals surface area contributed by atoms with Crippen LogP contribution in [0.15, 0.2) is 28.8 Å². The monoisotopic (exact) mass is 316 g/mol. The Morgan fingerprint density at radius 3 is 3.09 bits per heavy atom. The summed E-state index contributed by atoms with van der Waals surface area (Å²) in [5, 5.41) is 7.45. The van der Waals surface area contributed by atoms with E-state index in [0.717, 1.165) is 25.4 Å². The number of hydrogen-bond acceptors (Lipinski definition) is 6.